The van der Waals surface area contributed by atoms with E-state index >= 15 is 0 Å². The summed E-state index contributed by atoms with van der Waals surface area (Å²) in [5.74, 6) is 0.769. The fraction of sp³-hybridized carbons (Fsp3) is 0.941. The molecular formula is C17H32N2O2. The lowest BCUT2D eigenvalue weighted by atomic mass is 9.92. The quantitative estimate of drug-likeness (QED) is 0.699. The van der Waals surface area contributed by atoms with Crippen molar-refractivity contribution in [3.05, 3.63) is 0 Å². The average Bonchev–Trinajstić information content (AvgIpc) is 3.18. The third-order valence-corrected chi connectivity index (χ3v) is 5.17. The second-order valence-corrected chi connectivity index (χ2v) is 7.40. The van der Waals surface area contributed by atoms with Gasteiger partial charge >= 0.3 is 5.97 Å². The van der Waals surface area contributed by atoms with E-state index in [1.54, 1.807) is 0 Å². The SMILES string of the molecule is COC(=O)C(N)(CN(CCC(C)C)C1CCCC1)C1CC1. The van der Waals surface area contributed by atoms with Gasteiger partial charge in [0.1, 0.15) is 5.54 Å². The first-order valence-electron chi connectivity index (χ1n) is 8.58. The second kappa shape index (κ2) is 7.10. The highest BCUT2D eigenvalue weighted by Crippen LogP contribution is 2.40. The number of hydrogen-bond donors (Lipinski definition) is 1. The first kappa shape index (κ1) is 16.8. The molecule has 0 aromatic rings. The highest BCUT2D eigenvalue weighted by Gasteiger charge is 2.50. The summed E-state index contributed by atoms with van der Waals surface area (Å²) in [5.41, 5.74) is 5.72. The molecule has 0 heterocycles. The maximum Gasteiger partial charge on any atom is 0.327 e. The molecule has 0 radical (unpaired) electrons. The number of carbonyl (C=O) groups is 1. The van der Waals surface area contributed by atoms with Gasteiger partial charge in [0, 0.05) is 12.6 Å². The van der Waals surface area contributed by atoms with Crippen molar-refractivity contribution >= 4 is 5.97 Å². The van der Waals surface area contributed by atoms with Gasteiger partial charge in [0.15, 0.2) is 0 Å². The molecule has 2 fully saturated rings. The van der Waals surface area contributed by atoms with Crippen molar-refractivity contribution < 1.29 is 9.53 Å². The molecule has 2 rings (SSSR count). The van der Waals surface area contributed by atoms with Crippen molar-refractivity contribution in [1.82, 2.24) is 4.90 Å². The van der Waals surface area contributed by atoms with E-state index in [2.05, 4.69) is 18.7 Å². The fourth-order valence-corrected chi connectivity index (χ4v) is 3.57. The predicted molar refractivity (Wildman–Crippen MR) is 84.9 cm³/mol. The topological polar surface area (TPSA) is 55.6 Å². The highest BCUT2D eigenvalue weighted by molar-refractivity contribution is 5.81. The first-order valence-corrected chi connectivity index (χ1v) is 8.58. The van der Waals surface area contributed by atoms with E-state index in [1.807, 2.05) is 0 Å². The van der Waals surface area contributed by atoms with E-state index in [0.29, 0.717) is 24.4 Å². The minimum atomic E-state index is -0.797. The third-order valence-electron chi connectivity index (χ3n) is 5.17. The van der Waals surface area contributed by atoms with E-state index in [1.165, 1.54) is 39.2 Å². The molecule has 2 N–H and O–H groups in total. The molecule has 0 spiro atoms. The smallest absolute Gasteiger partial charge is 0.327 e. The monoisotopic (exact) mass is 296 g/mol. The summed E-state index contributed by atoms with van der Waals surface area (Å²) in [6, 6.07) is 0.607. The molecule has 2 saturated carbocycles. The lowest BCUT2D eigenvalue weighted by Crippen LogP contribution is -2.60. The van der Waals surface area contributed by atoms with Crippen LogP contribution in [0.2, 0.25) is 0 Å². The van der Waals surface area contributed by atoms with Gasteiger partial charge in [-0.3, -0.25) is 9.69 Å². The molecule has 0 saturated heterocycles. The Morgan fingerprint density at radius 2 is 1.90 bits per heavy atom. The van der Waals surface area contributed by atoms with Gasteiger partial charge in [-0.1, -0.05) is 26.7 Å². The molecule has 1 unspecified atom stereocenters. The molecular weight excluding hydrogens is 264 g/mol. The summed E-state index contributed by atoms with van der Waals surface area (Å²) in [5, 5.41) is 0. The molecule has 0 bridgehead atoms. The molecule has 1 atom stereocenters. The van der Waals surface area contributed by atoms with Crippen molar-refractivity contribution in [3.8, 4) is 0 Å². The number of nitrogens with zero attached hydrogens (tertiary/aromatic N) is 1. The third kappa shape index (κ3) is 4.19. The van der Waals surface area contributed by atoms with Gasteiger partial charge in [-0.2, -0.15) is 0 Å². The van der Waals surface area contributed by atoms with Crippen LogP contribution in [0.3, 0.4) is 0 Å². The van der Waals surface area contributed by atoms with Crippen LogP contribution in [0, 0.1) is 11.8 Å². The van der Waals surface area contributed by atoms with Crippen molar-refractivity contribution in [2.24, 2.45) is 17.6 Å². The summed E-state index contributed by atoms with van der Waals surface area (Å²) in [6.45, 7) is 6.22. The molecule has 4 heteroatoms. The Bertz CT molecular complexity index is 349. The normalized spacial score (nSPS) is 22.8. The molecule has 2 aliphatic carbocycles. The Balaban J connectivity index is 2.05. The Kier molecular flexibility index (Phi) is 5.67. The lowest BCUT2D eigenvalue weighted by Gasteiger charge is -2.37. The van der Waals surface area contributed by atoms with E-state index in [-0.39, 0.29) is 5.97 Å². The standard InChI is InChI=1S/C17H32N2O2/c1-13(2)10-11-19(15-6-4-5-7-15)12-17(18,14-8-9-14)16(20)21-3/h13-15H,4-12,18H2,1-3H3. The molecule has 122 valence electrons. The molecule has 0 aromatic heterocycles. The van der Waals surface area contributed by atoms with Crippen LogP contribution in [0.15, 0.2) is 0 Å². The number of rotatable bonds is 8. The summed E-state index contributed by atoms with van der Waals surface area (Å²) in [6.07, 6.45) is 8.41. The van der Waals surface area contributed by atoms with E-state index < -0.39 is 5.54 Å². The fourth-order valence-electron chi connectivity index (χ4n) is 3.57. The van der Waals surface area contributed by atoms with Crippen LogP contribution in [0.4, 0.5) is 0 Å². The van der Waals surface area contributed by atoms with Gasteiger partial charge in [0.05, 0.1) is 7.11 Å². The summed E-state index contributed by atoms with van der Waals surface area (Å²) >= 11 is 0. The van der Waals surface area contributed by atoms with Crippen molar-refractivity contribution in [1.29, 1.82) is 0 Å². The number of esters is 1. The van der Waals surface area contributed by atoms with Gasteiger partial charge in [0.2, 0.25) is 0 Å². The van der Waals surface area contributed by atoms with E-state index in [9.17, 15) is 4.79 Å². The minimum absolute atomic E-state index is 0.224. The number of carbonyl (C=O) groups excluding carboxylic acids is 1. The van der Waals surface area contributed by atoms with E-state index in [4.69, 9.17) is 10.5 Å². The zero-order chi connectivity index (χ0) is 15.5. The summed E-state index contributed by atoms with van der Waals surface area (Å²) < 4.78 is 5.02. The van der Waals surface area contributed by atoms with Crippen LogP contribution in [0.25, 0.3) is 0 Å². The van der Waals surface area contributed by atoms with Crippen molar-refractivity contribution in [2.45, 2.75) is 70.4 Å². The lowest BCUT2D eigenvalue weighted by molar-refractivity contribution is -0.149. The molecule has 0 aliphatic heterocycles. The zero-order valence-corrected chi connectivity index (χ0v) is 13.9. The van der Waals surface area contributed by atoms with Crippen LogP contribution in [-0.4, -0.2) is 42.6 Å². The first-order chi connectivity index (χ1) is 9.97. The molecule has 0 amide bonds. The average molecular weight is 296 g/mol. The van der Waals surface area contributed by atoms with Crippen LogP contribution in [-0.2, 0) is 9.53 Å². The summed E-state index contributed by atoms with van der Waals surface area (Å²) in [4.78, 5) is 14.7. The van der Waals surface area contributed by atoms with Crippen molar-refractivity contribution in [2.75, 3.05) is 20.2 Å². The molecule has 4 nitrogen and oxygen atoms in total. The Morgan fingerprint density at radius 3 is 2.38 bits per heavy atom. The van der Waals surface area contributed by atoms with E-state index in [0.717, 1.165) is 19.4 Å². The Morgan fingerprint density at radius 1 is 1.29 bits per heavy atom. The van der Waals surface area contributed by atoms with Crippen LogP contribution >= 0.6 is 0 Å². The highest BCUT2D eigenvalue weighted by atomic mass is 16.5. The minimum Gasteiger partial charge on any atom is -0.468 e. The Labute approximate surface area is 129 Å². The van der Waals surface area contributed by atoms with Gasteiger partial charge < -0.3 is 10.5 Å². The largest absolute Gasteiger partial charge is 0.468 e. The molecule has 0 aromatic carbocycles. The van der Waals surface area contributed by atoms with Crippen LogP contribution in [0.5, 0.6) is 0 Å². The summed E-state index contributed by atoms with van der Waals surface area (Å²) in [7, 11) is 1.46. The number of ether oxygens (including phenoxy) is 1. The maximum atomic E-state index is 12.2. The Hall–Kier alpha value is -0.610. The second-order valence-electron chi connectivity index (χ2n) is 7.40. The number of hydrogen-bond acceptors (Lipinski definition) is 4. The van der Waals surface area contributed by atoms with Gasteiger partial charge in [-0.05, 0) is 50.5 Å². The van der Waals surface area contributed by atoms with Crippen LogP contribution in [0.1, 0.15) is 58.8 Å². The van der Waals surface area contributed by atoms with Crippen LogP contribution < -0.4 is 5.73 Å². The van der Waals surface area contributed by atoms with Gasteiger partial charge in [0.25, 0.3) is 0 Å². The van der Waals surface area contributed by atoms with Crippen molar-refractivity contribution in [3.63, 3.8) is 0 Å². The molecule has 2 aliphatic rings. The number of nitrogens with two attached hydrogens (primary N) is 1. The number of methoxy groups -OCH3 is 1. The molecule has 21 heavy (non-hydrogen) atoms. The zero-order valence-electron chi connectivity index (χ0n) is 13.9. The predicted octanol–water partition coefficient (Wildman–Crippen LogP) is 2.56. The maximum absolute atomic E-state index is 12.2. The van der Waals surface area contributed by atoms with Gasteiger partial charge in [-0.25, -0.2) is 0 Å². The van der Waals surface area contributed by atoms with Gasteiger partial charge in [-0.15, -0.1) is 0 Å².